The van der Waals surface area contributed by atoms with Crippen molar-refractivity contribution >= 4 is 39.7 Å². The summed E-state index contributed by atoms with van der Waals surface area (Å²) in [6.45, 7) is 3.92. The lowest BCUT2D eigenvalue weighted by atomic mass is 10.3. The van der Waals surface area contributed by atoms with Gasteiger partial charge in [0.1, 0.15) is 17.1 Å². The van der Waals surface area contributed by atoms with Gasteiger partial charge in [0, 0.05) is 12.6 Å². The monoisotopic (exact) mass is 350 g/mol. The molecule has 3 nitrogen and oxygen atoms in total. The van der Waals surface area contributed by atoms with Gasteiger partial charge in [-0.2, -0.15) is 0 Å². The van der Waals surface area contributed by atoms with Gasteiger partial charge in [-0.05, 0) is 41.6 Å². The van der Waals surface area contributed by atoms with E-state index in [1.54, 1.807) is 6.20 Å². The van der Waals surface area contributed by atoms with Crippen LogP contribution >= 0.6 is 22.6 Å². The first-order chi connectivity index (χ1) is 7.65. The predicted molar refractivity (Wildman–Crippen MR) is 77.3 cm³/mol. The Bertz CT molecular complexity index is 345. The average molecular weight is 350 g/mol. The Kier molecular flexibility index (Phi) is 6.30. The molecule has 0 N–H and O–H groups in total. The third-order valence-electron chi connectivity index (χ3n) is 2.00. The summed E-state index contributed by atoms with van der Waals surface area (Å²) in [4.78, 5) is 4.17. The zero-order chi connectivity index (χ0) is 12.0. The molecule has 0 aromatic carbocycles. The number of halogens is 1. The zero-order valence-electron chi connectivity index (χ0n) is 9.39. The fraction of sp³-hybridized carbons (Fsp3) is 0.455. The van der Waals surface area contributed by atoms with Gasteiger partial charge < -0.3 is 4.55 Å². The molecule has 0 aliphatic carbocycles. The van der Waals surface area contributed by atoms with Crippen molar-refractivity contribution in [2.24, 2.45) is 4.40 Å². The summed E-state index contributed by atoms with van der Waals surface area (Å²) in [6.07, 6.45) is 3.66. The lowest BCUT2D eigenvalue weighted by molar-refractivity contribution is 0.591. The molecule has 88 valence electrons. The van der Waals surface area contributed by atoms with Crippen LogP contribution in [-0.4, -0.2) is 18.5 Å². The van der Waals surface area contributed by atoms with Crippen LogP contribution in [0.5, 0.6) is 0 Å². The number of aromatic nitrogens is 1. The van der Waals surface area contributed by atoms with Crippen LogP contribution in [0.3, 0.4) is 0 Å². The van der Waals surface area contributed by atoms with Gasteiger partial charge in [-0.25, -0.2) is 0 Å². The fourth-order valence-electron chi connectivity index (χ4n) is 1.14. The van der Waals surface area contributed by atoms with E-state index in [-0.39, 0.29) is 3.26 Å². The van der Waals surface area contributed by atoms with Crippen LogP contribution in [0, 0.1) is 0 Å². The Labute approximate surface area is 113 Å². The molecule has 1 rings (SSSR count). The number of hydrogen-bond donors (Lipinski definition) is 0. The lowest BCUT2D eigenvalue weighted by Crippen LogP contribution is -2.14. The van der Waals surface area contributed by atoms with Crippen molar-refractivity contribution in [1.29, 1.82) is 0 Å². The number of alkyl halides is 1. The highest BCUT2D eigenvalue weighted by molar-refractivity contribution is 14.1. The summed E-state index contributed by atoms with van der Waals surface area (Å²) in [6, 6.07) is 5.63. The van der Waals surface area contributed by atoms with Crippen LogP contribution < -0.4 is 0 Å². The van der Waals surface area contributed by atoms with Crippen LogP contribution in [-0.2, 0) is 11.4 Å². The van der Waals surface area contributed by atoms with Crippen molar-refractivity contribution < 1.29 is 4.55 Å². The Morgan fingerprint density at radius 3 is 2.94 bits per heavy atom. The molecule has 0 fully saturated rings. The van der Waals surface area contributed by atoms with E-state index in [2.05, 4.69) is 38.9 Å². The van der Waals surface area contributed by atoms with Gasteiger partial charge in [-0.1, -0.05) is 23.8 Å². The number of hydrogen-bond acceptors (Lipinski definition) is 3. The Balaban J connectivity index is 2.69. The SMILES string of the molecule is CCCC(I)[S+]([O-])N=C(C)c1ccccn1. The molecule has 1 aromatic rings. The third kappa shape index (κ3) is 4.39. The molecule has 2 unspecified atom stereocenters. The van der Waals surface area contributed by atoms with Gasteiger partial charge in [0.15, 0.2) is 3.26 Å². The summed E-state index contributed by atoms with van der Waals surface area (Å²) < 4.78 is 16.1. The summed E-state index contributed by atoms with van der Waals surface area (Å²) in [5, 5.41) is 0. The first kappa shape index (κ1) is 13.9. The topological polar surface area (TPSA) is 48.3 Å². The van der Waals surface area contributed by atoms with Gasteiger partial charge in [0.2, 0.25) is 0 Å². The standard InChI is InChI=1S/C11H15IN2OS/c1-3-6-11(12)16(15)14-9(2)10-7-4-5-8-13-10/h4-5,7-8,11H,3,6H2,1-2H3. The smallest absolute Gasteiger partial charge is 0.192 e. The maximum atomic E-state index is 11.8. The molecule has 2 atom stereocenters. The van der Waals surface area contributed by atoms with Crippen molar-refractivity contribution in [3.05, 3.63) is 30.1 Å². The Hall–Kier alpha value is -0.140. The van der Waals surface area contributed by atoms with E-state index in [1.165, 1.54) is 0 Å². The third-order valence-corrected chi connectivity index (χ3v) is 5.05. The minimum atomic E-state index is -1.16. The summed E-state index contributed by atoms with van der Waals surface area (Å²) in [5.74, 6) is 0. The van der Waals surface area contributed by atoms with E-state index in [0.29, 0.717) is 0 Å². The number of rotatable bonds is 5. The van der Waals surface area contributed by atoms with Crippen LogP contribution in [0.25, 0.3) is 0 Å². The van der Waals surface area contributed by atoms with Crippen molar-refractivity contribution in [2.45, 2.75) is 29.9 Å². The van der Waals surface area contributed by atoms with Gasteiger partial charge in [0.25, 0.3) is 0 Å². The molecule has 0 saturated carbocycles. The van der Waals surface area contributed by atoms with Gasteiger partial charge in [-0.15, -0.1) is 0 Å². The average Bonchev–Trinajstić information content (AvgIpc) is 2.30. The largest absolute Gasteiger partial charge is 0.590 e. The highest BCUT2D eigenvalue weighted by Gasteiger charge is 2.18. The molecule has 1 aromatic heterocycles. The van der Waals surface area contributed by atoms with E-state index >= 15 is 0 Å². The molecular weight excluding hydrogens is 335 g/mol. The predicted octanol–water partition coefficient (Wildman–Crippen LogP) is 3.12. The quantitative estimate of drug-likeness (QED) is 0.355. The molecule has 0 bridgehead atoms. The summed E-state index contributed by atoms with van der Waals surface area (Å²) >= 11 is 1.03. The second-order valence-corrected chi connectivity index (χ2v) is 7.02. The van der Waals surface area contributed by atoms with Crippen LogP contribution in [0.4, 0.5) is 0 Å². The molecule has 0 aliphatic heterocycles. The molecule has 5 heteroatoms. The highest BCUT2D eigenvalue weighted by Crippen LogP contribution is 2.18. The second-order valence-electron chi connectivity index (χ2n) is 3.37. The first-order valence-electron chi connectivity index (χ1n) is 5.16. The molecule has 0 saturated heterocycles. The van der Waals surface area contributed by atoms with E-state index in [4.69, 9.17) is 0 Å². The molecule has 1 heterocycles. The molecule has 0 spiro atoms. The normalized spacial score (nSPS) is 15.9. The van der Waals surface area contributed by atoms with Crippen LogP contribution in [0.15, 0.2) is 28.8 Å². The summed E-state index contributed by atoms with van der Waals surface area (Å²) in [7, 11) is 0. The first-order valence-corrected chi connectivity index (χ1v) is 7.58. The fourth-order valence-corrected chi connectivity index (χ4v) is 3.02. The van der Waals surface area contributed by atoms with Crippen molar-refractivity contribution in [3.8, 4) is 0 Å². The maximum absolute atomic E-state index is 11.8. The Morgan fingerprint density at radius 1 is 1.62 bits per heavy atom. The van der Waals surface area contributed by atoms with Gasteiger partial charge in [0.05, 0.1) is 5.69 Å². The van der Waals surface area contributed by atoms with Crippen molar-refractivity contribution in [3.63, 3.8) is 0 Å². The number of pyridine rings is 1. The van der Waals surface area contributed by atoms with E-state index in [9.17, 15) is 4.55 Å². The molecule has 0 radical (unpaired) electrons. The molecule has 0 amide bonds. The van der Waals surface area contributed by atoms with Gasteiger partial charge in [-0.3, -0.25) is 4.98 Å². The maximum Gasteiger partial charge on any atom is 0.192 e. The van der Waals surface area contributed by atoms with Gasteiger partial charge >= 0.3 is 0 Å². The lowest BCUT2D eigenvalue weighted by Gasteiger charge is -2.10. The minimum absolute atomic E-state index is 0.0845. The minimum Gasteiger partial charge on any atom is -0.590 e. The molecular formula is C11H15IN2OS. The summed E-state index contributed by atoms with van der Waals surface area (Å²) in [5.41, 5.74) is 1.52. The second kappa shape index (κ2) is 7.24. The number of nitrogens with zero attached hydrogens (tertiary/aromatic N) is 2. The van der Waals surface area contributed by atoms with E-state index < -0.39 is 11.4 Å². The van der Waals surface area contributed by atoms with Crippen molar-refractivity contribution in [1.82, 2.24) is 4.98 Å². The van der Waals surface area contributed by atoms with Crippen LogP contribution in [0.1, 0.15) is 32.4 Å². The zero-order valence-corrected chi connectivity index (χ0v) is 12.4. The highest BCUT2D eigenvalue weighted by atomic mass is 127. The van der Waals surface area contributed by atoms with E-state index in [0.717, 1.165) is 24.2 Å². The molecule has 16 heavy (non-hydrogen) atoms. The van der Waals surface area contributed by atoms with Crippen LogP contribution in [0.2, 0.25) is 0 Å². The van der Waals surface area contributed by atoms with Crippen molar-refractivity contribution in [2.75, 3.05) is 0 Å². The van der Waals surface area contributed by atoms with E-state index in [1.807, 2.05) is 25.1 Å². The Morgan fingerprint density at radius 2 is 2.38 bits per heavy atom. The molecule has 0 aliphatic rings.